The molecule has 0 bridgehead atoms. The Bertz CT molecular complexity index is 578. The third-order valence-corrected chi connectivity index (χ3v) is 2.83. The van der Waals surface area contributed by atoms with Gasteiger partial charge in [-0.05, 0) is 0 Å². The molecule has 0 unspecified atom stereocenters. The van der Waals surface area contributed by atoms with Crippen LogP contribution in [0, 0.1) is 0 Å². The third kappa shape index (κ3) is 3.07. The summed E-state index contributed by atoms with van der Waals surface area (Å²) in [6.45, 7) is 0. The van der Waals surface area contributed by atoms with Gasteiger partial charge >= 0.3 is 24.0 Å². The van der Waals surface area contributed by atoms with Crippen LogP contribution in [0.5, 0.6) is 23.8 Å². The molecule has 9 heteroatoms. The number of ether oxygens (including phenoxy) is 3. The molecule has 0 fully saturated rings. The zero-order chi connectivity index (χ0) is 13.8. The van der Waals surface area contributed by atoms with Crippen molar-refractivity contribution in [1.29, 1.82) is 0 Å². The van der Waals surface area contributed by atoms with Crippen molar-refractivity contribution in [2.24, 2.45) is 0 Å². The van der Waals surface area contributed by atoms with Gasteiger partial charge in [0.1, 0.15) is 10.6 Å². The maximum Gasteiger partial charge on any atom is 0.346 e. The van der Waals surface area contributed by atoms with Gasteiger partial charge in [-0.1, -0.05) is 0 Å². The monoisotopic (exact) mass is 283 g/mol. The second kappa shape index (κ2) is 5.48. The van der Waals surface area contributed by atoms with Crippen LogP contribution in [0.1, 0.15) is 9.67 Å². The van der Waals surface area contributed by atoms with Crippen LogP contribution in [0.15, 0.2) is 11.4 Å². The van der Waals surface area contributed by atoms with Crippen LogP contribution in [0.25, 0.3) is 0 Å². The van der Waals surface area contributed by atoms with Crippen LogP contribution in [0.2, 0.25) is 0 Å². The molecule has 0 radical (unpaired) electrons. The number of hydrogen-bond acceptors (Lipinski definition) is 8. The predicted octanol–water partition coefficient (Wildman–Crippen LogP) is 1.44. The van der Waals surface area contributed by atoms with Crippen molar-refractivity contribution >= 4 is 17.3 Å². The lowest BCUT2D eigenvalue weighted by molar-refractivity contribution is 0.0702. The molecule has 2 aromatic rings. The van der Waals surface area contributed by atoms with E-state index in [1.807, 2.05) is 0 Å². The van der Waals surface area contributed by atoms with Crippen molar-refractivity contribution in [3.63, 3.8) is 0 Å². The molecule has 19 heavy (non-hydrogen) atoms. The lowest BCUT2D eigenvalue weighted by atomic mass is 10.4. The predicted molar refractivity (Wildman–Crippen MR) is 64.3 cm³/mol. The van der Waals surface area contributed by atoms with E-state index in [4.69, 9.17) is 19.3 Å². The van der Waals surface area contributed by atoms with Gasteiger partial charge in [0.15, 0.2) is 0 Å². The number of aromatic carboxylic acids is 1. The highest BCUT2D eigenvalue weighted by Crippen LogP contribution is 2.26. The summed E-state index contributed by atoms with van der Waals surface area (Å²) in [6.07, 6.45) is 0. The van der Waals surface area contributed by atoms with E-state index < -0.39 is 5.97 Å². The number of carboxylic acid groups (broad SMARTS) is 1. The molecule has 0 aliphatic heterocycles. The summed E-state index contributed by atoms with van der Waals surface area (Å²) in [7, 11) is 2.79. The SMILES string of the molecule is COc1nc(OC)nc(Oc2csc(C(=O)O)c2)n1. The molecule has 100 valence electrons. The standard InChI is InChI=1S/C10H9N3O5S/c1-16-8-11-9(17-2)13-10(12-8)18-5-3-6(7(14)15)19-4-5/h3-4H,1-2H3,(H,14,15). The topological polar surface area (TPSA) is 104 Å². The maximum absolute atomic E-state index is 10.7. The van der Waals surface area contributed by atoms with E-state index in [1.165, 1.54) is 25.7 Å². The van der Waals surface area contributed by atoms with E-state index in [2.05, 4.69) is 15.0 Å². The molecule has 0 spiro atoms. The quantitative estimate of drug-likeness (QED) is 0.879. The van der Waals surface area contributed by atoms with Gasteiger partial charge in [0.25, 0.3) is 0 Å². The average Bonchev–Trinajstić information content (AvgIpc) is 2.87. The Morgan fingerprint density at radius 3 is 2.21 bits per heavy atom. The Morgan fingerprint density at radius 1 is 1.16 bits per heavy atom. The van der Waals surface area contributed by atoms with Gasteiger partial charge in [0.2, 0.25) is 0 Å². The number of carbonyl (C=O) groups is 1. The first-order valence-corrected chi connectivity index (χ1v) is 5.84. The number of nitrogens with zero attached hydrogens (tertiary/aromatic N) is 3. The number of methoxy groups -OCH3 is 2. The van der Waals surface area contributed by atoms with Crippen LogP contribution >= 0.6 is 11.3 Å². The minimum absolute atomic E-state index is 0.0375. The van der Waals surface area contributed by atoms with Gasteiger partial charge in [-0.25, -0.2) is 4.79 Å². The van der Waals surface area contributed by atoms with Crippen molar-refractivity contribution in [3.05, 3.63) is 16.3 Å². The summed E-state index contributed by atoms with van der Waals surface area (Å²) in [5.41, 5.74) is 0. The molecule has 1 N–H and O–H groups in total. The van der Waals surface area contributed by atoms with E-state index in [9.17, 15) is 4.79 Å². The molecule has 2 aromatic heterocycles. The molecule has 0 aromatic carbocycles. The summed E-state index contributed by atoms with van der Waals surface area (Å²) < 4.78 is 15.0. The van der Waals surface area contributed by atoms with Crippen LogP contribution in [-0.4, -0.2) is 40.2 Å². The highest BCUT2D eigenvalue weighted by molar-refractivity contribution is 7.12. The Kier molecular flexibility index (Phi) is 3.76. The molecular weight excluding hydrogens is 274 g/mol. The van der Waals surface area contributed by atoms with Crippen molar-refractivity contribution in [3.8, 4) is 23.8 Å². The zero-order valence-electron chi connectivity index (χ0n) is 9.98. The lowest BCUT2D eigenvalue weighted by Crippen LogP contribution is -2.01. The third-order valence-electron chi connectivity index (χ3n) is 1.93. The number of rotatable bonds is 5. The molecule has 0 amide bonds. The fraction of sp³-hybridized carbons (Fsp3) is 0.200. The lowest BCUT2D eigenvalue weighted by Gasteiger charge is -2.04. The molecule has 0 saturated heterocycles. The van der Waals surface area contributed by atoms with E-state index in [0.29, 0.717) is 5.75 Å². The van der Waals surface area contributed by atoms with Gasteiger partial charge in [0.05, 0.1) is 14.2 Å². The van der Waals surface area contributed by atoms with Gasteiger partial charge in [-0.3, -0.25) is 0 Å². The molecule has 8 nitrogen and oxygen atoms in total. The summed E-state index contributed by atoms with van der Waals surface area (Å²) in [4.78, 5) is 22.4. The fourth-order valence-electron chi connectivity index (χ4n) is 1.14. The number of hydrogen-bond donors (Lipinski definition) is 1. The second-order valence-corrected chi connectivity index (χ2v) is 4.06. The molecular formula is C10H9N3O5S. The Hall–Kier alpha value is -2.42. The van der Waals surface area contributed by atoms with Crippen LogP contribution in [0.3, 0.4) is 0 Å². The van der Waals surface area contributed by atoms with Crippen molar-refractivity contribution < 1.29 is 24.1 Å². The van der Waals surface area contributed by atoms with E-state index in [1.54, 1.807) is 0 Å². The summed E-state index contributed by atoms with van der Waals surface area (Å²) >= 11 is 1.04. The van der Waals surface area contributed by atoms with Crippen molar-refractivity contribution in [1.82, 2.24) is 15.0 Å². The number of carboxylic acids is 1. The Morgan fingerprint density at radius 2 is 1.74 bits per heavy atom. The van der Waals surface area contributed by atoms with Crippen LogP contribution in [0.4, 0.5) is 0 Å². The maximum atomic E-state index is 10.7. The fourth-order valence-corrected chi connectivity index (χ4v) is 1.78. The number of thiophene rings is 1. The molecule has 0 atom stereocenters. The zero-order valence-corrected chi connectivity index (χ0v) is 10.8. The van der Waals surface area contributed by atoms with Gasteiger partial charge in [-0.15, -0.1) is 26.3 Å². The minimum Gasteiger partial charge on any atom is -0.477 e. The highest BCUT2D eigenvalue weighted by atomic mass is 32.1. The largest absolute Gasteiger partial charge is 0.477 e. The van der Waals surface area contributed by atoms with E-state index >= 15 is 0 Å². The molecule has 0 aliphatic rings. The smallest absolute Gasteiger partial charge is 0.346 e. The van der Waals surface area contributed by atoms with E-state index in [-0.39, 0.29) is 22.9 Å². The van der Waals surface area contributed by atoms with E-state index in [0.717, 1.165) is 11.3 Å². The highest BCUT2D eigenvalue weighted by Gasteiger charge is 2.12. The van der Waals surface area contributed by atoms with Gasteiger partial charge in [0, 0.05) is 11.4 Å². The second-order valence-electron chi connectivity index (χ2n) is 3.15. The first-order valence-electron chi connectivity index (χ1n) is 4.96. The van der Waals surface area contributed by atoms with Crippen molar-refractivity contribution in [2.45, 2.75) is 0 Å². The molecule has 0 aliphatic carbocycles. The first-order chi connectivity index (χ1) is 9.12. The summed E-state index contributed by atoms with van der Waals surface area (Å²) in [5, 5.41) is 10.3. The van der Waals surface area contributed by atoms with Gasteiger partial charge in [-0.2, -0.15) is 0 Å². The van der Waals surface area contributed by atoms with Crippen LogP contribution < -0.4 is 14.2 Å². The molecule has 0 saturated carbocycles. The van der Waals surface area contributed by atoms with Gasteiger partial charge < -0.3 is 19.3 Å². The Labute approximate surface area is 111 Å². The summed E-state index contributed by atoms with van der Waals surface area (Å²) in [6, 6.07) is 1.40. The number of aromatic nitrogens is 3. The van der Waals surface area contributed by atoms with Crippen molar-refractivity contribution in [2.75, 3.05) is 14.2 Å². The van der Waals surface area contributed by atoms with Crippen LogP contribution in [-0.2, 0) is 0 Å². The average molecular weight is 283 g/mol. The molecule has 2 rings (SSSR count). The Balaban J connectivity index is 2.23. The summed E-state index contributed by atoms with van der Waals surface area (Å²) in [5.74, 6) is -0.705. The normalized spacial score (nSPS) is 10.0. The first kappa shape index (κ1) is 13.0. The minimum atomic E-state index is -1.02. The molecule has 2 heterocycles.